The third kappa shape index (κ3) is 3.96. The third-order valence-corrected chi connectivity index (χ3v) is 4.16. The Kier molecular flexibility index (Phi) is 5.00. The van der Waals surface area contributed by atoms with Crippen LogP contribution in [-0.2, 0) is 15.3 Å². The molecule has 0 spiro atoms. The largest absolute Gasteiger partial charge is 0.480 e. The van der Waals surface area contributed by atoms with E-state index < -0.39 is 12.0 Å². The minimum atomic E-state index is -0.944. The van der Waals surface area contributed by atoms with Crippen LogP contribution in [0.5, 0.6) is 0 Å². The highest BCUT2D eigenvalue weighted by molar-refractivity contribution is 7.99. The van der Waals surface area contributed by atoms with Crippen LogP contribution in [0.1, 0.15) is 25.5 Å². The predicted octanol–water partition coefficient (Wildman–Crippen LogP) is 1.78. The zero-order valence-corrected chi connectivity index (χ0v) is 12.2. The van der Waals surface area contributed by atoms with Gasteiger partial charge in [-0.2, -0.15) is 0 Å². The summed E-state index contributed by atoms with van der Waals surface area (Å²) in [5.74, 6) is -0.0830. The molecule has 108 valence electrons. The number of thioether (sulfide) groups is 1. The van der Waals surface area contributed by atoms with Gasteiger partial charge in [-0.1, -0.05) is 6.07 Å². The molecule has 1 fully saturated rings. The van der Waals surface area contributed by atoms with Crippen molar-refractivity contribution in [1.29, 1.82) is 0 Å². The molecule has 1 aliphatic rings. The van der Waals surface area contributed by atoms with Gasteiger partial charge in [0, 0.05) is 18.0 Å². The molecule has 0 saturated heterocycles. The quantitative estimate of drug-likeness (QED) is 0.830. The second-order valence-electron chi connectivity index (χ2n) is 4.86. The number of rotatable bonds is 7. The number of aliphatic carboxylic acids is 1. The van der Waals surface area contributed by atoms with Gasteiger partial charge < -0.3 is 10.0 Å². The fourth-order valence-electron chi connectivity index (χ4n) is 2.01. The Bertz CT molecular complexity index is 477. The van der Waals surface area contributed by atoms with Crippen molar-refractivity contribution < 1.29 is 14.7 Å². The van der Waals surface area contributed by atoms with E-state index in [1.54, 1.807) is 13.1 Å². The lowest BCUT2D eigenvalue weighted by Gasteiger charge is -2.26. The molecule has 1 atom stereocenters. The summed E-state index contributed by atoms with van der Waals surface area (Å²) in [6.07, 6.45) is 3.54. The molecular weight excluding hydrogens is 276 g/mol. The van der Waals surface area contributed by atoms with Crippen molar-refractivity contribution in [2.75, 3.05) is 5.75 Å². The summed E-state index contributed by atoms with van der Waals surface area (Å²) in [7, 11) is 0. The summed E-state index contributed by atoms with van der Waals surface area (Å²) in [4.78, 5) is 29.0. The number of nitrogens with zero attached hydrogens (tertiary/aromatic N) is 2. The first kappa shape index (κ1) is 14.8. The van der Waals surface area contributed by atoms with E-state index in [0.717, 1.165) is 18.5 Å². The van der Waals surface area contributed by atoms with E-state index in [9.17, 15) is 9.59 Å². The van der Waals surface area contributed by atoms with Crippen LogP contribution in [0.3, 0.4) is 0 Å². The highest BCUT2D eigenvalue weighted by atomic mass is 32.2. The molecule has 0 bridgehead atoms. The van der Waals surface area contributed by atoms with Crippen LogP contribution in [0.15, 0.2) is 24.4 Å². The second kappa shape index (κ2) is 6.74. The van der Waals surface area contributed by atoms with E-state index in [0.29, 0.717) is 11.5 Å². The minimum Gasteiger partial charge on any atom is -0.480 e. The normalized spacial score (nSPS) is 15.7. The molecule has 1 aromatic rings. The van der Waals surface area contributed by atoms with E-state index >= 15 is 0 Å². The Morgan fingerprint density at radius 3 is 2.80 bits per heavy atom. The molecule has 1 saturated carbocycles. The highest BCUT2D eigenvalue weighted by Crippen LogP contribution is 2.29. The number of hydrogen-bond acceptors (Lipinski definition) is 4. The standard InChI is InChI=1S/C14H18N2O3S/c1-10(14(18)19)16(12-5-6-12)13(17)9-20-8-11-4-2-3-7-15-11/h2-4,7,10,12H,5-6,8-9H2,1H3,(H,18,19). The van der Waals surface area contributed by atoms with Crippen LogP contribution in [0.2, 0.25) is 0 Å². The molecule has 20 heavy (non-hydrogen) atoms. The van der Waals surface area contributed by atoms with Gasteiger partial charge in [-0.25, -0.2) is 4.79 Å². The van der Waals surface area contributed by atoms with Crippen molar-refractivity contribution in [3.8, 4) is 0 Å². The van der Waals surface area contributed by atoms with Gasteiger partial charge in [0.05, 0.1) is 11.4 Å². The summed E-state index contributed by atoms with van der Waals surface area (Å²) in [5.41, 5.74) is 0.926. The number of amides is 1. The van der Waals surface area contributed by atoms with E-state index in [1.165, 1.54) is 16.7 Å². The molecule has 0 radical (unpaired) electrons. The molecule has 2 rings (SSSR count). The lowest BCUT2D eigenvalue weighted by Crippen LogP contribution is -2.45. The Morgan fingerprint density at radius 1 is 1.50 bits per heavy atom. The van der Waals surface area contributed by atoms with E-state index in [2.05, 4.69) is 4.98 Å². The van der Waals surface area contributed by atoms with Gasteiger partial charge in [-0.05, 0) is 31.9 Å². The molecule has 6 heteroatoms. The molecule has 1 unspecified atom stereocenters. The zero-order chi connectivity index (χ0) is 14.5. The van der Waals surface area contributed by atoms with Crippen molar-refractivity contribution in [1.82, 2.24) is 9.88 Å². The van der Waals surface area contributed by atoms with Crippen molar-refractivity contribution >= 4 is 23.6 Å². The van der Waals surface area contributed by atoms with Gasteiger partial charge in [0.15, 0.2) is 0 Å². The number of carboxylic acid groups (broad SMARTS) is 1. The van der Waals surface area contributed by atoms with Crippen LogP contribution in [-0.4, -0.2) is 44.7 Å². The maximum absolute atomic E-state index is 12.2. The number of carbonyl (C=O) groups excluding carboxylic acids is 1. The highest BCUT2D eigenvalue weighted by Gasteiger charge is 2.37. The Labute approximate surface area is 122 Å². The van der Waals surface area contributed by atoms with Gasteiger partial charge in [0.25, 0.3) is 0 Å². The molecule has 1 aromatic heterocycles. The number of aromatic nitrogens is 1. The van der Waals surface area contributed by atoms with E-state index in [-0.39, 0.29) is 11.9 Å². The van der Waals surface area contributed by atoms with Crippen molar-refractivity contribution in [2.45, 2.75) is 37.6 Å². The number of pyridine rings is 1. The second-order valence-corrected chi connectivity index (χ2v) is 5.85. The Morgan fingerprint density at radius 2 is 2.25 bits per heavy atom. The van der Waals surface area contributed by atoms with Crippen molar-refractivity contribution in [2.24, 2.45) is 0 Å². The number of carbonyl (C=O) groups is 2. The Hall–Kier alpha value is -1.56. The first-order valence-electron chi connectivity index (χ1n) is 6.61. The lowest BCUT2D eigenvalue weighted by atomic mass is 10.2. The summed E-state index contributed by atoms with van der Waals surface area (Å²) < 4.78 is 0. The average molecular weight is 294 g/mol. The van der Waals surface area contributed by atoms with E-state index in [4.69, 9.17) is 5.11 Å². The summed E-state index contributed by atoms with van der Waals surface area (Å²) in [5, 5.41) is 9.07. The van der Waals surface area contributed by atoms with Crippen molar-refractivity contribution in [3.63, 3.8) is 0 Å². The van der Waals surface area contributed by atoms with Gasteiger partial charge in [-0.3, -0.25) is 9.78 Å². The van der Waals surface area contributed by atoms with Crippen LogP contribution >= 0.6 is 11.8 Å². The maximum atomic E-state index is 12.2. The van der Waals surface area contributed by atoms with Crippen molar-refractivity contribution in [3.05, 3.63) is 30.1 Å². The molecule has 0 aliphatic heterocycles. The van der Waals surface area contributed by atoms with Crippen LogP contribution in [0, 0.1) is 0 Å². The van der Waals surface area contributed by atoms with Gasteiger partial charge in [0.1, 0.15) is 6.04 Å². The monoisotopic (exact) mass is 294 g/mol. The molecule has 5 nitrogen and oxygen atoms in total. The molecular formula is C14H18N2O3S. The van der Waals surface area contributed by atoms with E-state index in [1.807, 2.05) is 18.2 Å². The molecule has 1 N–H and O–H groups in total. The maximum Gasteiger partial charge on any atom is 0.326 e. The van der Waals surface area contributed by atoms with Crippen LogP contribution in [0.25, 0.3) is 0 Å². The third-order valence-electron chi connectivity index (χ3n) is 3.20. The average Bonchev–Trinajstić information content (AvgIpc) is 3.24. The van der Waals surface area contributed by atoms with Gasteiger partial charge >= 0.3 is 5.97 Å². The fourth-order valence-corrected chi connectivity index (χ4v) is 2.81. The van der Waals surface area contributed by atoms with Gasteiger partial charge in [0.2, 0.25) is 5.91 Å². The number of hydrogen-bond donors (Lipinski definition) is 1. The SMILES string of the molecule is CC(C(=O)O)N(C(=O)CSCc1ccccn1)C1CC1. The molecule has 0 aromatic carbocycles. The topological polar surface area (TPSA) is 70.5 Å². The minimum absolute atomic E-state index is 0.0941. The smallest absolute Gasteiger partial charge is 0.326 e. The molecule has 1 amide bonds. The first-order chi connectivity index (χ1) is 9.59. The summed E-state index contributed by atoms with van der Waals surface area (Å²) >= 11 is 1.47. The summed E-state index contributed by atoms with van der Waals surface area (Å²) in [6, 6.07) is 5.04. The molecule has 1 heterocycles. The van der Waals surface area contributed by atoms with Crippen LogP contribution in [0.4, 0.5) is 0 Å². The zero-order valence-electron chi connectivity index (χ0n) is 11.4. The lowest BCUT2D eigenvalue weighted by molar-refractivity contribution is -0.148. The van der Waals surface area contributed by atoms with Gasteiger partial charge in [-0.15, -0.1) is 11.8 Å². The first-order valence-corrected chi connectivity index (χ1v) is 7.76. The molecule has 1 aliphatic carbocycles. The fraction of sp³-hybridized carbons (Fsp3) is 0.500. The number of carboxylic acids is 1. The van der Waals surface area contributed by atoms with Crippen LogP contribution < -0.4 is 0 Å². The summed E-state index contributed by atoms with van der Waals surface area (Å²) in [6.45, 7) is 1.57. The Balaban J connectivity index is 1.84. The predicted molar refractivity (Wildman–Crippen MR) is 77.4 cm³/mol.